The van der Waals surface area contributed by atoms with Crippen LogP contribution < -0.4 is 17.2 Å². The van der Waals surface area contributed by atoms with E-state index in [1.807, 2.05) is 0 Å². The summed E-state index contributed by atoms with van der Waals surface area (Å²) >= 11 is 14.6. The molecule has 6 heteroatoms. The third-order valence-corrected chi connectivity index (χ3v) is 2.49. The Morgan fingerprint density at radius 2 is 0.867 bits per heavy atom. The molecule has 0 saturated carbocycles. The second-order valence-electron chi connectivity index (χ2n) is 2.89. The molecule has 0 aliphatic carbocycles. The molecule has 3 nitrogen and oxygen atoms in total. The van der Waals surface area contributed by atoms with Crippen molar-refractivity contribution in [1.82, 2.24) is 0 Å². The summed E-state index contributed by atoms with van der Waals surface area (Å²) in [6, 6.07) is 5.14. The monoisotopic (exact) mass is 255 g/mol. The Bertz CT molecular complexity index is 375. The van der Waals surface area contributed by atoms with Crippen molar-refractivity contribution < 1.29 is 0 Å². The number of hydrogen-bond donors (Lipinski definition) is 3. The van der Waals surface area contributed by atoms with Gasteiger partial charge in [0.05, 0.1) is 0 Å². The molecule has 0 heterocycles. The second-order valence-corrected chi connectivity index (χ2v) is 4.21. The van der Waals surface area contributed by atoms with E-state index in [1.165, 1.54) is 0 Å². The van der Waals surface area contributed by atoms with Crippen molar-refractivity contribution in [3.63, 3.8) is 0 Å². The lowest BCUT2D eigenvalue weighted by molar-refractivity contribution is 1.54. The summed E-state index contributed by atoms with van der Waals surface area (Å²) in [4.78, 5) is 0.766. The zero-order chi connectivity index (χ0) is 11.6. The molecule has 0 radical (unpaired) electrons. The highest BCUT2D eigenvalue weighted by molar-refractivity contribution is 7.81. The molecule has 0 spiro atoms. The minimum Gasteiger partial charge on any atom is -0.389 e. The molecule has 0 aliphatic heterocycles. The van der Waals surface area contributed by atoms with Crippen molar-refractivity contribution in [1.29, 1.82) is 0 Å². The van der Waals surface area contributed by atoms with Crippen LogP contribution in [0.4, 0.5) is 0 Å². The maximum Gasteiger partial charge on any atom is 0.104 e. The van der Waals surface area contributed by atoms with Gasteiger partial charge in [0.15, 0.2) is 0 Å². The summed E-state index contributed by atoms with van der Waals surface area (Å²) < 4.78 is 0. The number of thiocarbonyl (C=S) groups is 3. The minimum absolute atomic E-state index is 0.255. The first-order chi connectivity index (χ1) is 6.91. The normalized spacial score (nSPS) is 9.60. The van der Waals surface area contributed by atoms with E-state index in [1.54, 1.807) is 18.2 Å². The predicted octanol–water partition coefficient (Wildman–Crippen LogP) is 0.589. The maximum atomic E-state index is 5.52. The third-order valence-electron chi connectivity index (χ3n) is 1.79. The average Bonchev–Trinajstić information content (AvgIpc) is 2.16. The molecule has 6 N–H and O–H groups in total. The molecule has 15 heavy (non-hydrogen) atoms. The van der Waals surface area contributed by atoms with Crippen molar-refractivity contribution in [2.45, 2.75) is 0 Å². The molecule has 78 valence electrons. The Labute approximate surface area is 104 Å². The highest BCUT2D eigenvalue weighted by atomic mass is 32.1. The van der Waals surface area contributed by atoms with Gasteiger partial charge in [0.1, 0.15) is 15.0 Å². The van der Waals surface area contributed by atoms with Crippen LogP contribution in [0.25, 0.3) is 0 Å². The van der Waals surface area contributed by atoms with Crippen LogP contribution in [0.5, 0.6) is 0 Å². The van der Waals surface area contributed by atoms with Crippen LogP contribution in [0.2, 0.25) is 0 Å². The van der Waals surface area contributed by atoms with Crippen LogP contribution in [0.1, 0.15) is 16.7 Å². The fourth-order valence-corrected chi connectivity index (χ4v) is 1.41. The Hall–Kier alpha value is -1.11. The number of benzene rings is 1. The first-order valence-corrected chi connectivity index (χ1v) is 5.19. The van der Waals surface area contributed by atoms with E-state index in [9.17, 15) is 0 Å². The van der Waals surface area contributed by atoms with Gasteiger partial charge in [0, 0.05) is 16.7 Å². The lowest BCUT2D eigenvalue weighted by Crippen LogP contribution is -2.17. The van der Waals surface area contributed by atoms with Gasteiger partial charge in [-0.3, -0.25) is 0 Å². The van der Waals surface area contributed by atoms with Gasteiger partial charge in [0.2, 0.25) is 0 Å². The summed E-state index contributed by atoms with van der Waals surface area (Å²) in [6.07, 6.45) is 0. The van der Waals surface area contributed by atoms with Crippen LogP contribution in [-0.2, 0) is 0 Å². The Morgan fingerprint density at radius 1 is 0.667 bits per heavy atom. The Kier molecular flexibility index (Phi) is 3.67. The molecular weight excluding hydrogens is 246 g/mol. The zero-order valence-corrected chi connectivity index (χ0v) is 10.1. The average molecular weight is 255 g/mol. The first kappa shape index (κ1) is 12.0. The molecule has 0 fully saturated rings. The smallest absolute Gasteiger partial charge is 0.104 e. The molecule has 0 unspecified atom stereocenters. The van der Waals surface area contributed by atoms with E-state index in [4.69, 9.17) is 53.9 Å². The van der Waals surface area contributed by atoms with Crippen LogP contribution in [-0.4, -0.2) is 15.0 Å². The molecule has 0 aromatic heterocycles. The van der Waals surface area contributed by atoms with Crippen molar-refractivity contribution in [2.24, 2.45) is 17.2 Å². The summed E-state index contributed by atoms with van der Waals surface area (Å²) in [5.41, 5.74) is 18.5. The molecule has 1 rings (SSSR count). The van der Waals surface area contributed by atoms with Gasteiger partial charge in [0.25, 0.3) is 0 Å². The number of rotatable bonds is 3. The quantitative estimate of drug-likeness (QED) is 0.686. The molecule has 1 aromatic rings. The summed E-state index contributed by atoms with van der Waals surface area (Å²) in [5, 5.41) is 0. The van der Waals surface area contributed by atoms with Crippen LogP contribution in [0, 0.1) is 0 Å². The molecule has 0 amide bonds. The van der Waals surface area contributed by atoms with Crippen LogP contribution >= 0.6 is 36.7 Å². The fourth-order valence-electron chi connectivity index (χ4n) is 1.05. The Morgan fingerprint density at radius 3 is 1.00 bits per heavy atom. The summed E-state index contributed by atoms with van der Waals surface area (Å²) in [5.74, 6) is 0. The van der Waals surface area contributed by atoms with Crippen LogP contribution in [0.15, 0.2) is 18.2 Å². The molecule has 0 aliphatic rings. The third kappa shape index (κ3) is 2.92. The highest BCUT2D eigenvalue weighted by Crippen LogP contribution is 2.11. The van der Waals surface area contributed by atoms with E-state index >= 15 is 0 Å². The minimum atomic E-state index is 0.255. The standard InChI is InChI=1S/C9H9N3S3/c10-7(13)4-1-5(8(11)14)3-6(2-4)9(12)15/h1-3H,(H2,10,13)(H2,11,14)(H2,12,15). The number of hydrogen-bond acceptors (Lipinski definition) is 3. The van der Waals surface area contributed by atoms with Gasteiger partial charge in [-0.1, -0.05) is 36.7 Å². The van der Waals surface area contributed by atoms with E-state index in [-0.39, 0.29) is 15.0 Å². The van der Waals surface area contributed by atoms with E-state index < -0.39 is 0 Å². The Balaban J connectivity index is 3.39. The van der Waals surface area contributed by atoms with Crippen molar-refractivity contribution in [3.05, 3.63) is 34.9 Å². The molecule has 0 atom stereocenters. The zero-order valence-electron chi connectivity index (χ0n) is 7.69. The van der Waals surface area contributed by atoms with Crippen molar-refractivity contribution in [2.75, 3.05) is 0 Å². The SMILES string of the molecule is NC(=S)c1cc(C(N)=S)cc(C(N)=S)c1. The summed E-state index contributed by atoms with van der Waals surface area (Å²) in [6.45, 7) is 0. The van der Waals surface area contributed by atoms with Gasteiger partial charge >= 0.3 is 0 Å². The van der Waals surface area contributed by atoms with Gasteiger partial charge in [-0.05, 0) is 18.2 Å². The molecule has 0 saturated heterocycles. The van der Waals surface area contributed by atoms with Crippen molar-refractivity contribution >= 4 is 51.6 Å². The summed E-state index contributed by atoms with van der Waals surface area (Å²) in [7, 11) is 0. The topological polar surface area (TPSA) is 78.1 Å². The predicted molar refractivity (Wildman–Crippen MR) is 74.1 cm³/mol. The fraction of sp³-hybridized carbons (Fsp3) is 0. The molecule has 0 bridgehead atoms. The van der Waals surface area contributed by atoms with Crippen LogP contribution in [0.3, 0.4) is 0 Å². The van der Waals surface area contributed by atoms with Gasteiger partial charge in [-0.15, -0.1) is 0 Å². The van der Waals surface area contributed by atoms with E-state index in [0.29, 0.717) is 16.7 Å². The lowest BCUT2D eigenvalue weighted by atomic mass is 10.1. The van der Waals surface area contributed by atoms with Gasteiger partial charge in [-0.25, -0.2) is 0 Å². The lowest BCUT2D eigenvalue weighted by Gasteiger charge is -2.06. The highest BCUT2D eigenvalue weighted by Gasteiger charge is 2.06. The molecule has 1 aromatic carbocycles. The number of nitrogens with two attached hydrogens (primary N) is 3. The largest absolute Gasteiger partial charge is 0.389 e. The molecular formula is C9H9N3S3. The van der Waals surface area contributed by atoms with Crippen molar-refractivity contribution in [3.8, 4) is 0 Å². The first-order valence-electron chi connectivity index (χ1n) is 3.96. The van der Waals surface area contributed by atoms with Gasteiger partial charge < -0.3 is 17.2 Å². The maximum absolute atomic E-state index is 5.52. The van der Waals surface area contributed by atoms with E-state index in [2.05, 4.69) is 0 Å². The van der Waals surface area contributed by atoms with E-state index in [0.717, 1.165) is 0 Å². The second kappa shape index (κ2) is 4.61. The van der Waals surface area contributed by atoms with Gasteiger partial charge in [-0.2, -0.15) is 0 Å².